The summed E-state index contributed by atoms with van der Waals surface area (Å²) in [6.45, 7) is 3.86. The van der Waals surface area contributed by atoms with Gasteiger partial charge in [-0.05, 0) is 55.8 Å². The van der Waals surface area contributed by atoms with Gasteiger partial charge < -0.3 is 10.1 Å². The van der Waals surface area contributed by atoms with E-state index in [1.807, 2.05) is 19.1 Å². The summed E-state index contributed by atoms with van der Waals surface area (Å²) in [6.07, 6.45) is -0.521. The Kier molecular flexibility index (Phi) is 7.16. The minimum Gasteiger partial charge on any atom is -0.450 e. The van der Waals surface area contributed by atoms with Crippen molar-refractivity contribution in [3.05, 3.63) is 53.1 Å². The molecule has 0 bridgehead atoms. The summed E-state index contributed by atoms with van der Waals surface area (Å²) < 4.78 is 4.87. The molecule has 0 unspecified atom stereocenters. The van der Waals surface area contributed by atoms with Crippen LogP contribution < -0.4 is 10.6 Å². The summed E-state index contributed by atoms with van der Waals surface area (Å²) in [5.41, 5.74) is 2.01. The average molecular weight is 379 g/mol. The molecule has 0 aliphatic carbocycles. The maximum absolute atomic E-state index is 12.2. The maximum Gasteiger partial charge on any atom is 0.411 e. The highest BCUT2D eigenvalue weighted by Gasteiger charge is 2.10. The van der Waals surface area contributed by atoms with E-state index in [0.29, 0.717) is 23.0 Å². The van der Waals surface area contributed by atoms with Crippen LogP contribution in [0.3, 0.4) is 0 Å². The van der Waals surface area contributed by atoms with E-state index in [0.717, 1.165) is 10.5 Å². The molecule has 0 fully saturated rings. The van der Waals surface area contributed by atoms with Gasteiger partial charge in [0.25, 0.3) is 0 Å². The predicted molar refractivity (Wildman–Crippen MR) is 103 cm³/mol. The molecule has 2 amide bonds. The molecular weight excluding hydrogens is 360 g/mol. The fraction of sp³-hybridized carbons (Fsp3) is 0.222. The van der Waals surface area contributed by atoms with E-state index >= 15 is 0 Å². The fourth-order valence-corrected chi connectivity index (χ4v) is 2.87. The first kappa shape index (κ1) is 19.1. The number of rotatable bonds is 6. The second-order valence-corrected chi connectivity index (χ2v) is 6.60. The third-order valence-corrected chi connectivity index (χ3v) is 4.57. The standard InChI is InChI=1S/C18H19ClN2O3S/c1-3-24-18(23)21-16-6-4-5-15(12(16)2)20-17(22)11-25-14-9-7-13(19)8-10-14/h4-10H,3,11H2,1-2H3,(H,20,22)(H,21,23). The van der Waals surface area contributed by atoms with Crippen molar-refractivity contribution in [1.82, 2.24) is 0 Å². The van der Waals surface area contributed by atoms with Gasteiger partial charge in [-0.25, -0.2) is 4.79 Å². The lowest BCUT2D eigenvalue weighted by atomic mass is 10.1. The van der Waals surface area contributed by atoms with E-state index in [9.17, 15) is 9.59 Å². The maximum atomic E-state index is 12.2. The topological polar surface area (TPSA) is 67.4 Å². The van der Waals surface area contributed by atoms with Gasteiger partial charge >= 0.3 is 6.09 Å². The summed E-state index contributed by atoms with van der Waals surface area (Å²) in [5, 5.41) is 6.18. The van der Waals surface area contributed by atoms with Gasteiger partial charge in [0.1, 0.15) is 0 Å². The SMILES string of the molecule is CCOC(=O)Nc1cccc(NC(=O)CSc2ccc(Cl)cc2)c1C. The molecular formula is C18H19ClN2O3S. The van der Waals surface area contributed by atoms with Crippen molar-refractivity contribution in [2.24, 2.45) is 0 Å². The molecule has 0 heterocycles. The number of amides is 2. The van der Waals surface area contributed by atoms with Gasteiger partial charge in [-0.2, -0.15) is 0 Å². The van der Waals surface area contributed by atoms with Crippen molar-refractivity contribution in [3.8, 4) is 0 Å². The lowest BCUT2D eigenvalue weighted by molar-refractivity contribution is -0.113. The molecule has 0 saturated heterocycles. The second kappa shape index (κ2) is 9.34. The number of carbonyl (C=O) groups is 2. The molecule has 5 nitrogen and oxygen atoms in total. The minimum absolute atomic E-state index is 0.128. The molecule has 2 N–H and O–H groups in total. The van der Waals surface area contributed by atoms with Crippen molar-refractivity contribution >= 4 is 46.7 Å². The molecule has 132 valence electrons. The molecule has 0 aromatic heterocycles. The predicted octanol–water partition coefficient (Wildman–Crippen LogP) is 4.95. The highest BCUT2D eigenvalue weighted by atomic mass is 35.5. The smallest absolute Gasteiger partial charge is 0.411 e. The minimum atomic E-state index is -0.521. The number of thioether (sulfide) groups is 1. The highest BCUT2D eigenvalue weighted by molar-refractivity contribution is 8.00. The summed E-state index contributed by atoms with van der Waals surface area (Å²) >= 11 is 7.27. The number of hydrogen-bond acceptors (Lipinski definition) is 4. The van der Waals surface area contributed by atoms with Crippen molar-refractivity contribution in [2.75, 3.05) is 23.0 Å². The largest absolute Gasteiger partial charge is 0.450 e. The average Bonchev–Trinajstić information content (AvgIpc) is 2.58. The Balaban J connectivity index is 1.95. The van der Waals surface area contributed by atoms with Gasteiger partial charge in [-0.1, -0.05) is 17.7 Å². The molecule has 0 saturated carbocycles. The van der Waals surface area contributed by atoms with Gasteiger partial charge in [0.15, 0.2) is 0 Å². The van der Waals surface area contributed by atoms with E-state index in [-0.39, 0.29) is 11.7 Å². The normalized spacial score (nSPS) is 10.2. The Labute approximate surface area is 156 Å². The van der Waals surface area contributed by atoms with Crippen LogP contribution in [0, 0.1) is 6.92 Å². The third kappa shape index (κ3) is 5.99. The molecule has 0 spiro atoms. The number of nitrogens with one attached hydrogen (secondary N) is 2. The Morgan fingerprint density at radius 2 is 1.72 bits per heavy atom. The molecule has 2 aromatic carbocycles. The Bertz CT molecular complexity index is 750. The molecule has 0 aliphatic heterocycles. The first-order chi connectivity index (χ1) is 12.0. The molecule has 0 atom stereocenters. The van der Waals surface area contributed by atoms with Crippen molar-refractivity contribution in [3.63, 3.8) is 0 Å². The van der Waals surface area contributed by atoms with Crippen LogP contribution in [-0.4, -0.2) is 24.4 Å². The number of anilines is 2. The number of halogens is 1. The van der Waals surface area contributed by atoms with E-state index in [2.05, 4.69) is 10.6 Å². The zero-order valence-corrected chi connectivity index (χ0v) is 15.5. The lowest BCUT2D eigenvalue weighted by Gasteiger charge is -2.13. The molecule has 0 aliphatic rings. The van der Waals surface area contributed by atoms with Gasteiger partial charge in [0.05, 0.1) is 12.4 Å². The fourth-order valence-electron chi connectivity index (χ4n) is 2.05. The summed E-state index contributed by atoms with van der Waals surface area (Å²) in [5.74, 6) is 0.146. The highest BCUT2D eigenvalue weighted by Crippen LogP contribution is 2.25. The third-order valence-electron chi connectivity index (χ3n) is 3.30. The molecule has 2 aromatic rings. The number of benzene rings is 2. The van der Waals surface area contributed by atoms with Gasteiger partial charge in [0.2, 0.25) is 5.91 Å². The zero-order chi connectivity index (χ0) is 18.2. The quantitative estimate of drug-likeness (QED) is 0.698. The summed E-state index contributed by atoms with van der Waals surface area (Å²) in [6, 6.07) is 12.6. The monoisotopic (exact) mass is 378 g/mol. The molecule has 2 rings (SSSR count). The van der Waals surface area contributed by atoms with Gasteiger partial charge in [0, 0.05) is 21.3 Å². The number of carbonyl (C=O) groups excluding carboxylic acids is 2. The number of hydrogen-bond donors (Lipinski definition) is 2. The first-order valence-electron chi connectivity index (χ1n) is 7.71. The molecule has 25 heavy (non-hydrogen) atoms. The zero-order valence-electron chi connectivity index (χ0n) is 14.0. The number of ether oxygens (including phenoxy) is 1. The van der Waals surface area contributed by atoms with Crippen LogP contribution in [0.2, 0.25) is 5.02 Å². The Morgan fingerprint density at radius 1 is 1.08 bits per heavy atom. The Morgan fingerprint density at radius 3 is 2.36 bits per heavy atom. The molecule has 0 radical (unpaired) electrons. The molecule has 7 heteroatoms. The van der Waals surface area contributed by atoms with Gasteiger partial charge in [-0.3, -0.25) is 10.1 Å². The second-order valence-electron chi connectivity index (χ2n) is 5.11. The van der Waals surface area contributed by atoms with Crippen molar-refractivity contribution in [2.45, 2.75) is 18.7 Å². The van der Waals surface area contributed by atoms with E-state index in [4.69, 9.17) is 16.3 Å². The van der Waals surface area contributed by atoms with Crippen LogP contribution in [0.5, 0.6) is 0 Å². The van der Waals surface area contributed by atoms with E-state index in [1.54, 1.807) is 37.3 Å². The van der Waals surface area contributed by atoms with Crippen LogP contribution >= 0.6 is 23.4 Å². The summed E-state index contributed by atoms with van der Waals surface area (Å²) in [4.78, 5) is 24.7. The first-order valence-corrected chi connectivity index (χ1v) is 9.07. The van der Waals surface area contributed by atoms with Gasteiger partial charge in [-0.15, -0.1) is 11.8 Å². The van der Waals surface area contributed by atoms with Crippen LogP contribution in [0.15, 0.2) is 47.4 Å². The van der Waals surface area contributed by atoms with Crippen molar-refractivity contribution in [1.29, 1.82) is 0 Å². The van der Waals surface area contributed by atoms with Crippen LogP contribution in [0.4, 0.5) is 16.2 Å². The van der Waals surface area contributed by atoms with Crippen molar-refractivity contribution < 1.29 is 14.3 Å². The van der Waals surface area contributed by atoms with Crippen LogP contribution in [0.1, 0.15) is 12.5 Å². The lowest BCUT2D eigenvalue weighted by Crippen LogP contribution is -2.17. The van der Waals surface area contributed by atoms with Crippen LogP contribution in [-0.2, 0) is 9.53 Å². The van der Waals surface area contributed by atoms with E-state index < -0.39 is 6.09 Å². The Hall–Kier alpha value is -2.18. The summed E-state index contributed by atoms with van der Waals surface area (Å²) in [7, 11) is 0. The van der Waals surface area contributed by atoms with E-state index in [1.165, 1.54) is 11.8 Å². The van der Waals surface area contributed by atoms with Crippen LogP contribution in [0.25, 0.3) is 0 Å².